The third kappa shape index (κ3) is 3.64. The zero-order chi connectivity index (χ0) is 21.5. The Morgan fingerprint density at radius 2 is 1.83 bits per heavy atom. The lowest BCUT2D eigenvalue weighted by molar-refractivity contribution is -0.127. The van der Waals surface area contributed by atoms with Gasteiger partial charge in [0.05, 0.1) is 18.0 Å². The van der Waals surface area contributed by atoms with Crippen LogP contribution < -0.4 is 4.90 Å². The van der Waals surface area contributed by atoms with E-state index in [-0.39, 0.29) is 11.5 Å². The number of pyridine rings is 1. The van der Waals surface area contributed by atoms with Crippen LogP contribution in [-0.4, -0.2) is 59.4 Å². The Bertz CT molecular complexity index is 876. The molecule has 2 N–H and O–H groups in total. The predicted octanol–water partition coefficient (Wildman–Crippen LogP) is 3.35. The molecule has 4 rings (SSSR count). The molecule has 1 aromatic carbocycles. The number of hydrogen-bond donors (Lipinski definition) is 2. The van der Waals surface area contributed by atoms with Crippen molar-refractivity contribution in [3.8, 4) is 0 Å². The summed E-state index contributed by atoms with van der Waals surface area (Å²) in [6.07, 6.45) is 5.17. The van der Waals surface area contributed by atoms with Gasteiger partial charge in [-0.15, -0.1) is 0 Å². The molecule has 0 radical (unpaired) electrons. The van der Waals surface area contributed by atoms with Crippen molar-refractivity contribution < 1.29 is 10.2 Å². The summed E-state index contributed by atoms with van der Waals surface area (Å²) in [5.74, 6) is 0.452. The molecule has 1 aromatic heterocycles. The summed E-state index contributed by atoms with van der Waals surface area (Å²) in [5.41, 5.74) is 2.55. The van der Waals surface area contributed by atoms with Crippen molar-refractivity contribution in [3.05, 3.63) is 59.4 Å². The minimum atomic E-state index is -1.13. The molecule has 2 aliphatic heterocycles. The van der Waals surface area contributed by atoms with Gasteiger partial charge < -0.3 is 20.0 Å². The largest absolute Gasteiger partial charge is 0.391 e. The van der Waals surface area contributed by atoms with E-state index in [2.05, 4.69) is 72.9 Å². The van der Waals surface area contributed by atoms with Gasteiger partial charge in [0.15, 0.2) is 0 Å². The summed E-state index contributed by atoms with van der Waals surface area (Å²) in [6.45, 7) is 9.70. The van der Waals surface area contributed by atoms with E-state index in [1.165, 1.54) is 5.56 Å². The molecule has 0 spiro atoms. The molecule has 5 heteroatoms. The predicted molar refractivity (Wildman–Crippen MR) is 121 cm³/mol. The van der Waals surface area contributed by atoms with Gasteiger partial charge in [-0.1, -0.05) is 45.0 Å². The highest BCUT2D eigenvalue weighted by Gasteiger charge is 2.55. The Kier molecular flexibility index (Phi) is 5.64. The van der Waals surface area contributed by atoms with E-state index in [9.17, 15) is 10.2 Å². The maximum absolute atomic E-state index is 12.3. The first-order chi connectivity index (χ1) is 14.2. The molecule has 0 aliphatic carbocycles. The quantitative estimate of drug-likeness (QED) is 0.793. The smallest absolute Gasteiger partial charge is 0.124 e. The van der Waals surface area contributed by atoms with Crippen LogP contribution in [0.25, 0.3) is 0 Å². The molecule has 1 unspecified atom stereocenters. The van der Waals surface area contributed by atoms with Crippen molar-refractivity contribution in [2.24, 2.45) is 5.41 Å². The van der Waals surface area contributed by atoms with Crippen molar-refractivity contribution in [1.29, 1.82) is 0 Å². The van der Waals surface area contributed by atoms with E-state index in [1.807, 2.05) is 12.4 Å². The van der Waals surface area contributed by atoms with Crippen LogP contribution in [0.1, 0.15) is 56.2 Å². The third-order valence-corrected chi connectivity index (χ3v) is 7.01. The lowest BCUT2D eigenvalue weighted by atomic mass is 9.62. The third-order valence-electron chi connectivity index (χ3n) is 7.01. The summed E-state index contributed by atoms with van der Waals surface area (Å²) in [7, 11) is 2.09. The number of piperidine rings is 1. The van der Waals surface area contributed by atoms with E-state index in [0.717, 1.165) is 49.3 Å². The molecule has 2 atom stereocenters. The minimum absolute atomic E-state index is 0.303. The molecular formula is C25H35N3O2. The van der Waals surface area contributed by atoms with Crippen LogP contribution in [0.2, 0.25) is 0 Å². The summed E-state index contributed by atoms with van der Waals surface area (Å²) in [6, 6.07) is 10.5. The topological polar surface area (TPSA) is 59.8 Å². The van der Waals surface area contributed by atoms with Crippen LogP contribution in [0.3, 0.4) is 0 Å². The van der Waals surface area contributed by atoms with Crippen molar-refractivity contribution in [1.82, 2.24) is 9.88 Å². The number of aromatic nitrogens is 1. The molecular weight excluding hydrogens is 374 g/mol. The van der Waals surface area contributed by atoms with E-state index in [1.54, 1.807) is 0 Å². The molecule has 5 nitrogen and oxygen atoms in total. The Morgan fingerprint density at radius 3 is 2.43 bits per heavy atom. The Morgan fingerprint density at radius 1 is 1.13 bits per heavy atom. The lowest BCUT2D eigenvalue weighted by Crippen LogP contribution is -2.63. The summed E-state index contributed by atoms with van der Waals surface area (Å²) in [5, 5.41) is 22.4. The van der Waals surface area contributed by atoms with Gasteiger partial charge in [0.1, 0.15) is 5.60 Å². The van der Waals surface area contributed by atoms with Gasteiger partial charge in [-0.05, 0) is 43.0 Å². The number of aliphatic hydroxyl groups is 2. The number of rotatable bonds is 5. The van der Waals surface area contributed by atoms with Gasteiger partial charge in [0, 0.05) is 43.4 Å². The monoisotopic (exact) mass is 409 g/mol. The van der Waals surface area contributed by atoms with Crippen molar-refractivity contribution >= 4 is 5.69 Å². The second-order valence-electron chi connectivity index (χ2n) is 9.89. The molecule has 2 aromatic rings. The molecule has 2 fully saturated rings. The first kappa shape index (κ1) is 21.3. The number of hydrogen-bond acceptors (Lipinski definition) is 5. The highest BCUT2D eigenvalue weighted by molar-refractivity contribution is 5.51. The molecule has 2 aliphatic rings. The lowest BCUT2D eigenvalue weighted by Gasteiger charge is -2.56. The number of β-amino-alcohol motifs (C(OH)–C–C–N with tert-alkyl or cyclic N) is 1. The molecule has 3 heterocycles. The number of likely N-dealkylation sites (tertiary alicyclic amines) is 1. The first-order valence-corrected chi connectivity index (χ1v) is 11.1. The SMILES string of the molecule is CC(C)c1ccc([C@](O)(c2cncc(N3CCCC(O)C3)c2)C2(C)CN(C)C2)cc1. The van der Waals surface area contributed by atoms with E-state index >= 15 is 0 Å². The highest BCUT2D eigenvalue weighted by Crippen LogP contribution is 2.50. The zero-order valence-corrected chi connectivity index (χ0v) is 18.7. The van der Waals surface area contributed by atoms with Gasteiger partial charge in [-0.25, -0.2) is 0 Å². The average molecular weight is 410 g/mol. The van der Waals surface area contributed by atoms with Crippen LogP contribution >= 0.6 is 0 Å². The number of nitrogens with zero attached hydrogens (tertiary/aromatic N) is 3. The summed E-state index contributed by atoms with van der Waals surface area (Å²) < 4.78 is 0. The second-order valence-corrected chi connectivity index (χ2v) is 9.89. The number of anilines is 1. The Balaban J connectivity index is 1.76. The standard InChI is InChI=1S/C25H35N3O2/c1-18(2)19-7-9-20(10-8-19)25(30,24(3)16-27(4)17-24)21-12-22(14-26-13-21)28-11-5-6-23(29)15-28/h7-10,12-14,18,23,29-30H,5-6,11,15-17H2,1-4H3/t23?,25-/m0/s1. The highest BCUT2D eigenvalue weighted by atomic mass is 16.3. The summed E-state index contributed by atoms with van der Waals surface area (Å²) >= 11 is 0. The van der Waals surface area contributed by atoms with Crippen LogP contribution in [0.15, 0.2) is 42.7 Å². The fraction of sp³-hybridized carbons (Fsp3) is 0.560. The first-order valence-electron chi connectivity index (χ1n) is 11.1. The van der Waals surface area contributed by atoms with Gasteiger partial charge in [-0.3, -0.25) is 4.98 Å². The van der Waals surface area contributed by atoms with E-state index < -0.39 is 5.60 Å². The normalized spacial score (nSPS) is 23.8. The van der Waals surface area contributed by atoms with Crippen molar-refractivity contribution in [2.75, 3.05) is 38.1 Å². The summed E-state index contributed by atoms with van der Waals surface area (Å²) in [4.78, 5) is 8.94. The Labute approximate surface area is 180 Å². The molecule has 30 heavy (non-hydrogen) atoms. The maximum Gasteiger partial charge on any atom is 0.124 e. The van der Waals surface area contributed by atoms with Crippen LogP contribution in [0, 0.1) is 5.41 Å². The van der Waals surface area contributed by atoms with Gasteiger partial charge >= 0.3 is 0 Å². The van der Waals surface area contributed by atoms with Crippen LogP contribution in [0.4, 0.5) is 5.69 Å². The molecule has 162 valence electrons. The zero-order valence-electron chi connectivity index (χ0n) is 18.7. The van der Waals surface area contributed by atoms with Crippen LogP contribution in [0.5, 0.6) is 0 Å². The van der Waals surface area contributed by atoms with Crippen LogP contribution in [-0.2, 0) is 5.60 Å². The average Bonchev–Trinajstić information content (AvgIpc) is 2.72. The van der Waals surface area contributed by atoms with E-state index in [0.29, 0.717) is 12.5 Å². The number of aliphatic hydroxyl groups excluding tert-OH is 1. The second kappa shape index (κ2) is 7.95. The van der Waals surface area contributed by atoms with Crippen molar-refractivity contribution in [3.63, 3.8) is 0 Å². The van der Waals surface area contributed by atoms with Gasteiger partial charge in [0.2, 0.25) is 0 Å². The molecule has 2 saturated heterocycles. The maximum atomic E-state index is 12.3. The fourth-order valence-electron chi connectivity index (χ4n) is 5.33. The Hall–Kier alpha value is -1.95. The molecule has 0 saturated carbocycles. The van der Waals surface area contributed by atoms with Crippen molar-refractivity contribution in [2.45, 2.75) is 51.2 Å². The fourth-order valence-corrected chi connectivity index (χ4v) is 5.33. The minimum Gasteiger partial charge on any atom is -0.391 e. The number of benzene rings is 1. The van der Waals surface area contributed by atoms with Gasteiger partial charge in [0.25, 0.3) is 0 Å². The molecule has 0 bridgehead atoms. The van der Waals surface area contributed by atoms with Gasteiger partial charge in [-0.2, -0.15) is 0 Å². The van der Waals surface area contributed by atoms with E-state index in [4.69, 9.17) is 0 Å². The molecule has 0 amide bonds.